The Balaban J connectivity index is 2.50. The van der Waals surface area contributed by atoms with Gasteiger partial charge in [0.2, 0.25) is 0 Å². The summed E-state index contributed by atoms with van der Waals surface area (Å²) in [6.45, 7) is 3.89. The number of hydrogen-bond donors (Lipinski definition) is 1. The lowest BCUT2D eigenvalue weighted by molar-refractivity contribution is 0.148. The third kappa shape index (κ3) is 2.23. The summed E-state index contributed by atoms with van der Waals surface area (Å²) in [7, 11) is 6.46. The van der Waals surface area contributed by atoms with Crippen molar-refractivity contribution in [3.63, 3.8) is 0 Å². The van der Waals surface area contributed by atoms with E-state index >= 15 is 0 Å². The van der Waals surface area contributed by atoms with Crippen LogP contribution in [0.4, 0.5) is 0 Å². The molecule has 0 bridgehead atoms. The molecule has 1 aliphatic heterocycles. The molecule has 0 saturated carbocycles. The van der Waals surface area contributed by atoms with Crippen molar-refractivity contribution in [2.24, 2.45) is 5.73 Å². The molecular formula is C14H23N3. The summed E-state index contributed by atoms with van der Waals surface area (Å²) in [5.41, 5.74) is 10.1. The molecule has 2 atom stereocenters. The van der Waals surface area contributed by atoms with Crippen LogP contribution >= 0.6 is 0 Å². The van der Waals surface area contributed by atoms with Crippen LogP contribution < -0.4 is 5.73 Å². The smallest absolute Gasteiger partial charge is 0.0472 e. The quantitative estimate of drug-likeness (QED) is 0.841. The van der Waals surface area contributed by atoms with Crippen molar-refractivity contribution < 1.29 is 0 Å². The van der Waals surface area contributed by atoms with E-state index in [1.54, 1.807) is 0 Å². The maximum Gasteiger partial charge on any atom is 0.0472 e. The zero-order chi connectivity index (χ0) is 12.6. The van der Waals surface area contributed by atoms with Crippen molar-refractivity contribution in [3.05, 3.63) is 34.9 Å². The molecule has 0 aliphatic carbocycles. The topological polar surface area (TPSA) is 32.5 Å². The van der Waals surface area contributed by atoms with E-state index in [0.29, 0.717) is 18.6 Å². The fourth-order valence-corrected chi connectivity index (χ4v) is 2.77. The van der Waals surface area contributed by atoms with E-state index in [1.165, 1.54) is 16.7 Å². The van der Waals surface area contributed by atoms with Gasteiger partial charge in [-0.3, -0.25) is 4.90 Å². The summed E-state index contributed by atoms with van der Waals surface area (Å²) in [5.74, 6) is 0. The second-order valence-corrected chi connectivity index (χ2v) is 5.30. The molecule has 0 radical (unpaired) electrons. The minimum atomic E-state index is 0.363. The van der Waals surface area contributed by atoms with E-state index in [-0.39, 0.29) is 0 Å². The number of nitrogens with zero attached hydrogens (tertiary/aromatic N) is 2. The van der Waals surface area contributed by atoms with Crippen LogP contribution in [-0.2, 0) is 0 Å². The summed E-state index contributed by atoms with van der Waals surface area (Å²) in [4.78, 5) is 4.66. The van der Waals surface area contributed by atoms with Crippen LogP contribution in [0, 0.1) is 6.92 Å². The van der Waals surface area contributed by atoms with E-state index in [1.807, 2.05) is 0 Å². The van der Waals surface area contributed by atoms with Gasteiger partial charge in [0.05, 0.1) is 0 Å². The Hall–Kier alpha value is -0.900. The molecule has 3 heteroatoms. The summed E-state index contributed by atoms with van der Waals surface area (Å²) in [6, 6.07) is 7.58. The lowest BCUT2D eigenvalue weighted by Gasteiger charge is -2.41. The maximum atomic E-state index is 5.91. The molecule has 0 fully saturated rings. The predicted molar refractivity (Wildman–Crippen MR) is 72.0 cm³/mol. The average molecular weight is 233 g/mol. The molecule has 1 heterocycles. The van der Waals surface area contributed by atoms with Gasteiger partial charge in [-0.2, -0.15) is 0 Å². The molecule has 2 N–H and O–H groups in total. The average Bonchev–Trinajstić information content (AvgIpc) is 2.28. The molecule has 1 aromatic carbocycles. The molecule has 3 nitrogen and oxygen atoms in total. The van der Waals surface area contributed by atoms with Crippen LogP contribution in [0.15, 0.2) is 18.2 Å². The molecule has 1 aliphatic rings. The van der Waals surface area contributed by atoms with Gasteiger partial charge in [-0.15, -0.1) is 0 Å². The van der Waals surface area contributed by atoms with Crippen molar-refractivity contribution in [2.75, 3.05) is 34.2 Å². The Morgan fingerprint density at radius 1 is 1.35 bits per heavy atom. The summed E-state index contributed by atoms with van der Waals surface area (Å²) < 4.78 is 0. The van der Waals surface area contributed by atoms with Crippen LogP contribution in [0.2, 0.25) is 0 Å². The van der Waals surface area contributed by atoms with Gasteiger partial charge in [0.25, 0.3) is 0 Å². The normalized spacial score (nSPS) is 25.1. The predicted octanol–water partition coefficient (Wildman–Crippen LogP) is 1.54. The Bertz CT molecular complexity index is 400. The zero-order valence-electron chi connectivity index (χ0n) is 11.3. The van der Waals surface area contributed by atoms with E-state index in [4.69, 9.17) is 5.73 Å². The first-order valence-electron chi connectivity index (χ1n) is 6.21. The second-order valence-electron chi connectivity index (χ2n) is 5.30. The van der Waals surface area contributed by atoms with Crippen LogP contribution in [-0.4, -0.2) is 44.0 Å². The molecular weight excluding hydrogens is 210 g/mol. The van der Waals surface area contributed by atoms with Crippen molar-refractivity contribution in [1.82, 2.24) is 9.80 Å². The van der Waals surface area contributed by atoms with E-state index in [2.05, 4.69) is 56.1 Å². The lowest BCUT2D eigenvalue weighted by atomic mass is 9.88. The highest BCUT2D eigenvalue weighted by molar-refractivity contribution is 5.38. The van der Waals surface area contributed by atoms with Crippen molar-refractivity contribution in [3.8, 4) is 0 Å². The Labute approximate surface area is 104 Å². The summed E-state index contributed by atoms with van der Waals surface area (Å²) in [5, 5.41) is 0. The minimum Gasteiger partial charge on any atom is -0.329 e. The second kappa shape index (κ2) is 4.77. The molecule has 0 aromatic heterocycles. The number of aryl methyl sites for hydroxylation is 1. The van der Waals surface area contributed by atoms with Gasteiger partial charge < -0.3 is 10.6 Å². The number of rotatable bonds is 2. The number of benzene rings is 1. The van der Waals surface area contributed by atoms with Gasteiger partial charge in [-0.25, -0.2) is 0 Å². The number of hydrogen-bond acceptors (Lipinski definition) is 3. The first-order chi connectivity index (χ1) is 8.04. The first-order valence-corrected chi connectivity index (χ1v) is 6.21. The SMILES string of the molecule is Cc1ccc2c(c1)C(N(C)C)CN(C)C2CN. The maximum absolute atomic E-state index is 5.91. The van der Waals surface area contributed by atoms with E-state index in [0.717, 1.165) is 6.54 Å². The standard InChI is InChI=1S/C14H23N3/c1-10-5-6-11-12(7-10)14(16(2)3)9-17(4)13(11)8-15/h5-7,13-14H,8-9,15H2,1-4H3. The molecule has 0 amide bonds. The van der Waals surface area contributed by atoms with Crippen LogP contribution in [0.1, 0.15) is 28.8 Å². The Kier molecular flexibility index (Phi) is 3.52. The highest BCUT2D eigenvalue weighted by Crippen LogP contribution is 2.35. The van der Waals surface area contributed by atoms with E-state index < -0.39 is 0 Å². The van der Waals surface area contributed by atoms with Gasteiger partial charge in [0, 0.05) is 25.2 Å². The molecule has 0 spiro atoms. The molecule has 0 saturated heterocycles. The van der Waals surface area contributed by atoms with Gasteiger partial charge >= 0.3 is 0 Å². The fraction of sp³-hybridized carbons (Fsp3) is 0.571. The molecule has 2 rings (SSSR count). The van der Waals surface area contributed by atoms with Crippen LogP contribution in [0.3, 0.4) is 0 Å². The molecule has 2 unspecified atom stereocenters. The summed E-state index contributed by atoms with van der Waals surface area (Å²) in [6.07, 6.45) is 0. The minimum absolute atomic E-state index is 0.363. The fourth-order valence-electron chi connectivity index (χ4n) is 2.77. The Morgan fingerprint density at radius 3 is 2.65 bits per heavy atom. The largest absolute Gasteiger partial charge is 0.329 e. The zero-order valence-corrected chi connectivity index (χ0v) is 11.3. The number of fused-ring (bicyclic) bond motifs is 1. The molecule has 94 valence electrons. The van der Waals surface area contributed by atoms with Gasteiger partial charge in [0.15, 0.2) is 0 Å². The molecule has 1 aromatic rings. The van der Waals surface area contributed by atoms with Gasteiger partial charge in [-0.1, -0.05) is 23.8 Å². The Morgan fingerprint density at radius 2 is 2.06 bits per heavy atom. The molecule has 17 heavy (non-hydrogen) atoms. The monoisotopic (exact) mass is 233 g/mol. The lowest BCUT2D eigenvalue weighted by Crippen LogP contribution is -2.42. The highest BCUT2D eigenvalue weighted by atomic mass is 15.2. The van der Waals surface area contributed by atoms with Gasteiger partial charge in [0.1, 0.15) is 0 Å². The van der Waals surface area contributed by atoms with Crippen LogP contribution in [0.25, 0.3) is 0 Å². The van der Waals surface area contributed by atoms with E-state index in [9.17, 15) is 0 Å². The van der Waals surface area contributed by atoms with Crippen molar-refractivity contribution in [1.29, 1.82) is 0 Å². The third-order valence-electron chi connectivity index (χ3n) is 3.80. The van der Waals surface area contributed by atoms with Crippen molar-refractivity contribution >= 4 is 0 Å². The van der Waals surface area contributed by atoms with Crippen molar-refractivity contribution in [2.45, 2.75) is 19.0 Å². The summed E-state index contributed by atoms with van der Waals surface area (Å²) >= 11 is 0. The first kappa shape index (κ1) is 12.6. The number of likely N-dealkylation sites (N-methyl/N-ethyl adjacent to an activating group) is 2. The highest BCUT2D eigenvalue weighted by Gasteiger charge is 2.31. The van der Waals surface area contributed by atoms with Gasteiger partial charge in [-0.05, 0) is 39.2 Å². The number of nitrogens with two attached hydrogens (primary N) is 1. The third-order valence-corrected chi connectivity index (χ3v) is 3.80. The van der Waals surface area contributed by atoms with Crippen LogP contribution in [0.5, 0.6) is 0 Å².